The Morgan fingerprint density at radius 2 is 1.74 bits per heavy atom. The molecule has 35 heavy (non-hydrogen) atoms. The van der Waals surface area contributed by atoms with Crippen LogP contribution in [0.4, 0.5) is 5.69 Å². The molecule has 1 aliphatic heterocycles. The number of nitrogens with zero attached hydrogens (tertiary/aromatic N) is 3. The number of pyridine rings is 1. The minimum absolute atomic E-state index is 0.00694. The SMILES string of the molecule is CCC(=O)c1cc(C)ccc1N(C)C(=O)c1ccc2c(c1)c(C1CCN(C)CC1)cc(=O)n2CC. The Morgan fingerprint density at radius 1 is 1.03 bits per heavy atom. The number of carbonyl (C=O) groups is 2. The van der Waals surface area contributed by atoms with Crippen LogP contribution in [0.3, 0.4) is 0 Å². The molecule has 1 aromatic heterocycles. The molecule has 184 valence electrons. The number of carbonyl (C=O) groups excluding carboxylic acids is 2. The highest BCUT2D eigenvalue weighted by atomic mass is 16.2. The van der Waals surface area contributed by atoms with E-state index in [1.807, 2.05) is 51.1 Å². The third kappa shape index (κ3) is 4.80. The summed E-state index contributed by atoms with van der Waals surface area (Å²) < 4.78 is 1.77. The predicted octanol–water partition coefficient (Wildman–Crippen LogP) is 5.01. The normalized spacial score (nSPS) is 14.9. The lowest BCUT2D eigenvalue weighted by Gasteiger charge is -2.30. The van der Waals surface area contributed by atoms with Gasteiger partial charge in [-0.05, 0) is 88.6 Å². The summed E-state index contributed by atoms with van der Waals surface area (Å²) in [7, 11) is 3.84. The lowest BCUT2D eigenvalue weighted by molar-refractivity contribution is 0.0987. The van der Waals surface area contributed by atoms with Crippen molar-refractivity contribution < 1.29 is 9.59 Å². The molecule has 0 unspecified atom stereocenters. The number of anilines is 1. The second-order valence-corrected chi connectivity index (χ2v) is 9.65. The van der Waals surface area contributed by atoms with Gasteiger partial charge in [0.2, 0.25) is 0 Å². The van der Waals surface area contributed by atoms with Gasteiger partial charge in [0.1, 0.15) is 0 Å². The number of aromatic nitrogens is 1. The Hall–Kier alpha value is -3.25. The van der Waals surface area contributed by atoms with Gasteiger partial charge in [-0.2, -0.15) is 0 Å². The molecular formula is C29H35N3O3. The van der Waals surface area contributed by atoms with Crippen LogP contribution >= 0.6 is 0 Å². The third-order valence-corrected chi connectivity index (χ3v) is 7.30. The fraction of sp³-hybridized carbons (Fsp3) is 0.414. The van der Waals surface area contributed by atoms with Crippen molar-refractivity contribution in [2.45, 2.75) is 52.5 Å². The molecule has 3 aromatic rings. The number of hydrogen-bond acceptors (Lipinski definition) is 4. The van der Waals surface area contributed by atoms with Gasteiger partial charge >= 0.3 is 0 Å². The standard InChI is InChI=1S/C29H35N3O3/c1-6-27(33)24-16-19(3)8-10-25(24)31(5)29(35)21-9-11-26-23(17-21)22(18-28(34)32(26)7-2)20-12-14-30(4)15-13-20/h8-11,16-18,20H,6-7,12-15H2,1-5H3. The minimum Gasteiger partial charge on any atom is -0.311 e. The average Bonchev–Trinajstić information content (AvgIpc) is 2.87. The van der Waals surface area contributed by atoms with E-state index in [-0.39, 0.29) is 17.2 Å². The number of hydrogen-bond donors (Lipinski definition) is 0. The summed E-state index contributed by atoms with van der Waals surface area (Å²) in [5.74, 6) is 0.129. The Labute approximate surface area is 207 Å². The maximum atomic E-state index is 13.6. The second kappa shape index (κ2) is 10.2. The van der Waals surface area contributed by atoms with E-state index < -0.39 is 0 Å². The van der Waals surface area contributed by atoms with E-state index in [1.54, 1.807) is 28.6 Å². The average molecular weight is 474 g/mol. The monoisotopic (exact) mass is 473 g/mol. The van der Waals surface area contributed by atoms with E-state index in [0.29, 0.717) is 35.7 Å². The van der Waals surface area contributed by atoms with Crippen LogP contribution in [0.25, 0.3) is 10.9 Å². The summed E-state index contributed by atoms with van der Waals surface area (Å²) in [6.07, 6.45) is 2.36. The highest BCUT2D eigenvalue weighted by molar-refractivity contribution is 6.11. The van der Waals surface area contributed by atoms with Gasteiger partial charge in [0, 0.05) is 42.6 Å². The first-order valence-electron chi connectivity index (χ1n) is 12.5. The Balaban J connectivity index is 1.80. The first kappa shape index (κ1) is 24.9. The second-order valence-electron chi connectivity index (χ2n) is 9.65. The van der Waals surface area contributed by atoms with E-state index in [4.69, 9.17) is 0 Å². The highest BCUT2D eigenvalue weighted by Crippen LogP contribution is 2.33. The zero-order valence-electron chi connectivity index (χ0n) is 21.4. The van der Waals surface area contributed by atoms with Gasteiger partial charge in [0.15, 0.2) is 5.78 Å². The first-order valence-corrected chi connectivity index (χ1v) is 12.5. The lowest BCUT2D eigenvalue weighted by Crippen LogP contribution is -2.30. The quantitative estimate of drug-likeness (QED) is 0.472. The number of ketones is 1. The summed E-state index contributed by atoms with van der Waals surface area (Å²) in [4.78, 5) is 43.0. The fourth-order valence-electron chi connectivity index (χ4n) is 5.19. The molecule has 2 aromatic carbocycles. The fourth-order valence-corrected chi connectivity index (χ4v) is 5.19. The Kier molecular flexibility index (Phi) is 7.22. The van der Waals surface area contributed by atoms with Crippen LogP contribution in [0.2, 0.25) is 0 Å². The summed E-state index contributed by atoms with van der Waals surface area (Å²) in [5, 5.41) is 0.967. The molecule has 0 atom stereocenters. The minimum atomic E-state index is -0.176. The highest BCUT2D eigenvalue weighted by Gasteiger charge is 2.24. The number of piperidine rings is 1. The molecule has 1 fully saturated rings. The van der Waals surface area contributed by atoms with Crippen LogP contribution in [-0.4, -0.2) is 48.3 Å². The van der Waals surface area contributed by atoms with E-state index in [9.17, 15) is 14.4 Å². The maximum Gasteiger partial charge on any atom is 0.258 e. The number of aryl methyl sites for hydroxylation is 2. The zero-order valence-corrected chi connectivity index (χ0v) is 21.4. The molecule has 0 N–H and O–H groups in total. The lowest BCUT2D eigenvalue weighted by atomic mass is 9.87. The van der Waals surface area contributed by atoms with Crippen molar-refractivity contribution in [3.8, 4) is 0 Å². The molecule has 0 aliphatic carbocycles. The number of rotatable bonds is 6. The molecule has 2 heterocycles. The number of amides is 1. The van der Waals surface area contributed by atoms with Crippen LogP contribution in [-0.2, 0) is 6.54 Å². The zero-order chi connectivity index (χ0) is 25.3. The van der Waals surface area contributed by atoms with Gasteiger partial charge < -0.3 is 14.4 Å². The molecule has 1 aliphatic rings. The first-order chi connectivity index (χ1) is 16.7. The predicted molar refractivity (Wildman–Crippen MR) is 142 cm³/mol. The van der Waals surface area contributed by atoms with E-state index in [1.165, 1.54) is 0 Å². The number of Topliss-reactive ketones (excluding diaryl/α,β-unsaturated/α-hetero) is 1. The van der Waals surface area contributed by atoms with Crippen molar-refractivity contribution in [2.75, 3.05) is 32.1 Å². The van der Waals surface area contributed by atoms with Gasteiger partial charge in [0.25, 0.3) is 11.5 Å². The van der Waals surface area contributed by atoms with Gasteiger partial charge in [-0.25, -0.2) is 0 Å². The summed E-state index contributed by atoms with van der Waals surface area (Å²) in [5.41, 5.74) is 4.62. The van der Waals surface area contributed by atoms with E-state index in [0.717, 1.165) is 48.0 Å². The summed E-state index contributed by atoms with van der Waals surface area (Å²) in [6, 6.07) is 13.0. The number of likely N-dealkylation sites (tertiary alicyclic amines) is 1. The molecule has 0 bridgehead atoms. The molecule has 4 rings (SSSR count). The van der Waals surface area contributed by atoms with Crippen molar-refractivity contribution >= 4 is 28.3 Å². The van der Waals surface area contributed by atoms with Crippen LogP contribution < -0.4 is 10.5 Å². The van der Waals surface area contributed by atoms with Crippen molar-refractivity contribution in [3.05, 3.63) is 75.1 Å². The molecule has 6 heteroatoms. The maximum absolute atomic E-state index is 13.6. The van der Waals surface area contributed by atoms with Gasteiger partial charge in [-0.15, -0.1) is 0 Å². The molecular weight excluding hydrogens is 438 g/mol. The van der Waals surface area contributed by atoms with Gasteiger partial charge in [-0.3, -0.25) is 14.4 Å². The van der Waals surface area contributed by atoms with E-state index >= 15 is 0 Å². The largest absolute Gasteiger partial charge is 0.311 e. The van der Waals surface area contributed by atoms with Crippen LogP contribution in [0, 0.1) is 6.92 Å². The van der Waals surface area contributed by atoms with Crippen molar-refractivity contribution in [1.82, 2.24) is 9.47 Å². The Morgan fingerprint density at radius 3 is 2.40 bits per heavy atom. The van der Waals surface area contributed by atoms with Crippen LogP contribution in [0.5, 0.6) is 0 Å². The molecule has 0 radical (unpaired) electrons. The molecule has 1 amide bonds. The van der Waals surface area contributed by atoms with Crippen LogP contribution in [0.1, 0.15) is 70.9 Å². The Bertz CT molecular complexity index is 1330. The smallest absolute Gasteiger partial charge is 0.258 e. The van der Waals surface area contributed by atoms with Crippen molar-refractivity contribution in [1.29, 1.82) is 0 Å². The van der Waals surface area contributed by atoms with E-state index in [2.05, 4.69) is 11.9 Å². The summed E-state index contributed by atoms with van der Waals surface area (Å²) >= 11 is 0. The number of benzene rings is 2. The van der Waals surface area contributed by atoms with Gasteiger partial charge in [0.05, 0.1) is 11.2 Å². The molecule has 0 spiro atoms. The molecule has 0 saturated carbocycles. The molecule has 6 nitrogen and oxygen atoms in total. The van der Waals surface area contributed by atoms with Crippen molar-refractivity contribution in [2.24, 2.45) is 0 Å². The van der Waals surface area contributed by atoms with Crippen LogP contribution in [0.15, 0.2) is 47.3 Å². The van der Waals surface area contributed by atoms with Crippen molar-refractivity contribution in [3.63, 3.8) is 0 Å². The summed E-state index contributed by atoms with van der Waals surface area (Å²) in [6.45, 7) is 8.29. The van der Waals surface area contributed by atoms with Gasteiger partial charge in [-0.1, -0.05) is 18.6 Å². The topological polar surface area (TPSA) is 62.6 Å². The molecule has 1 saturated heterocycles. The number of fused-ring (bicyclic) bond motifs is 1. The third-order valence-electron chi connectivity index (χ3n) is 7.30.